The number of hydrogen-bond donors (Lipinski definition) is 2. The zero-order chi connectivity index (χ0) is 45.3. The highest BCUT2D eigenvalue weighted by Crippen LogP contribution is 2.31. The highest BCUT2D eigenvalue weighted by atomic mass is 32.2. The monoisotopic (exact) mass is 894 g/mol. The molecule has 326 valence electrons. The van der Waals surface area contributed by atoms with Gasteiger partial charge in [0.25, 0.3) is 31.9 Å². The summed E-state index contributed by atoms with van der Waals surface area (Å²) in [5, 5.41) is 12.7. The summed E-state index contributed by atoms with van der Waals surface area (Å²) in [5.74, 6) is -2.70. The molecule has 63 heavy (non-hydrogen) atoms. The number of halogens is 2. The number of anilines is 2. The molecule has 0 bridgehead atoms. The van der Waals surface area contributed by atoms with Crippen LogP contribution in [-0.4, -0.2) is 51.0 Å². The molecular formula is C46H44F2N6O7S2. The van der Waals surface area contributed by atoms with Gasteiger partial charge in [0.05, 0.1) is 40.5 Å². The maximum Gasteiger partial charge on any atom is 0.266 e. The van der Waals surface area contributed by atoms with Crippen LogP contribution >= 0.6 is 0 Å². The van der Waals surface area contributed by atoms with E-state index in [9.17, 15) is 35.2 Å². The van der Waals surface area contributed by atoms with Crippen molar-refractivity contribution in [3.63, 3.8) is 0 Å². The van der Waals surface area contributed by atoms with Crippen molar-refractivity contribution in [2.24, 2.45) is 0 Å². The van der Waals surface area contributed by atoms with Gasteiger partial charge in [0.1, 0.15) is 22.0 Å². The standard InChI is InChI=1S/C23H21FN4O4S.C23H23FN2O3S/c1-15(2)25-23(29)18-13-17(11-12-19(18)24)28(14-16-7-4-3-5-8-16)33(30,31)21-10-6-9-20-22(21)27-32-26-20;1-17(2)25-23(27)21-15-19(13-14-22(21)24)26(16-18-9-5-3-6-10-18)30(28,29)20-11-7-4-8-12-20/h3-13,15H,14H2,1-2H3,(H,25,29);3-15,17H,16H2,1-2H3,(H,25,27). The third-order valence-electron chi connectivity index (χ3n) is 9.29. The summed E-state index contributed by atoms with van der Waals surface area (Å²) in [6.45, 7) is 7.01. The van der Waals surface area contributed by atoms with Crippen molar-refractivity contribution in [2.75, 3.05) is 8.61 Å². The van der Waals surface area contributed by atoms with E-state index in [1.807, 2.05) is 36.4 Å². The first kappa shape index (κ1) is 45.5. The molecule has 0 radical (unpaired) electrons. The fraction of sp³-hybridized carbons (Fsp3) is 0.174. The third-order valence-corrected chi connectivity index (χ3v) is 12.9. The molecule has 0 saturated heterocycles. The highest BCUT2D eigenvalue weighted by molar-refractivity contribution is 7.93. The molecule has 17 heteroatoms. The minimum Gasteiger partial charge on any atom is -0.350 e. The number of rotatable bonds is 14. The van der Waals surface area contributed by atoms with Gasteiger partial charge in [-0.25, -0.2) is 30.2 Å². The van der Waals surface area contributed by atoms with Crippen molar-refractivity contribution in [3.05, 3.63) is 179 Å². The van der Waals surface area contributed by atoms with Crippen LogP contribution in [0.5, 0.6) is 0 Å². The second-order valence-electron chi connectivity index (χ2n) is 14.8. The molecule has 7 rings (SSSR count). The van der Waals surface area contributed by atoms with E-state index in [0.29, 0.717) is 5.56 Å². The van der Waals surface area contributed by atoms with Crippen LogP contribution in [0.15, 0.2) is 160 Å². The van der Waals surface area contributed by atoms with Gasteiger partial charge in [0, 0.05) is 12.1 Å². The Kier molecular flexibility index (Phi) is 14.3. The molecule has 7 aromatic rings. The summed E-state index contributed by atoms with van der Waals surface area (Å²) in [5.41, 5.74) is 1.69. The molecule has 1 heterocycles. The minimum atomic E-state index is -4.21. The van der Waals surface area contributed by atoms with Gasteiger partial charge in [-0.1, -0.05) is 84.9 Å². The molecule has 6 aromatic carbocycles. The van der Waals surface area contributed by atoms with Gasteiger partial charge in [-0.15, -0.1) is 0 Å². The Balaban J connectivity index is 0.000000211. The highest BCUT2D eigenvalue weighted by Gasteiger charge is 2.31. The van der Waals surface area contributed by atoms with Crippen molar-refractivity contribution >= 4 is 54.3 Å². The van der Waals surface area contributed by atoms with Crippen LogP contribution in [0.2, 0.25) is 0 Å². The molecule has 0 aliphatic rings. The lowest BCUT2D eigenvalue weighted by Crippen LogP contribution is -2.33. The Labute approximate surface area is 364 Å². The summed E-state index contributed by atoms with van der Waals surface area (Å²) in [7, 11) is -8.16. The molecule has 0 saturated carbocycles. The third kappa shape index (κ3) is 10.9. The maximum atomic E-state index is 14.5. The van der Waals surface area contributed by atoms with E-state index in [-0.39, 0.29) is 68.5 Å². The Bertz CT molecular complexity index is 2920. The molecule has 0 aliphatic heterocycles. The van der Waals surface area contributed by atoms with Gasteiger partial charge in [-0.2, -0.15) is 0 Å². The zero-order valence-electron chi connectivity index (χ0n) is 34.6. The quantitative estimate of drug-likeness (QED) is 0.109. The first-order valence-electron chi connectivity index (χ1n) is 19.7. The van der Waals surface area contributed by atoms with Crippen molar-refractivity contribution in [1.82, 2.24) is 20.9 Å². The first-order chi connectivity index (χ1) is 30.1. The van der Waals surface area contributed by atoms with Gasteiger partial charge >= 0.3 is 0 Å². The molecule has 0 aliphatic carbocycles. The van der Waals surface area contributed by atoms with E-state index in [2.05, 4.69) is 20.9 Å². The van der Waals surface area contributed by atoms with Crippen LogP contribution in [0.3, 0.4) is 0 Å². The number of hydrogen-bond acceptors (Lipinski definition) is 9. The predicted octanol–water partition coefficient (Wildman–Crippen LogP) is 8.26. The van der Waals surface area contributed by atoms with E-state index in [0.717, 1.165) is 22.0 Å². The second kappa shape index (κ2) is 19.8. The molecular weight excluding hydrogens is 851 g/mol. The Morgan fingerprint density at radius 3 is 1.48 bits per heavy atom. The number of carbonyl (C=O) groups excluding carboxylic acids is 2. The Morgan fingerprint density at radius 2 is 1.02 bits per heavy atom. The van der Waals surface area contributed by atoms with Crippen LogP contribution in [-0.2, 0) is 33.1 Å². The molecule has 2 N–H and O–H groups in total. The number of sulfonamides is 2. The Hall–Kier alpha value is -6.98. The number of fused-ring (bicyclic) bond motifs is 1. The molecule has 0 unspecified atom stereocenters. The topological polar surface area (TPSA) is 172 Å². The number of nitrogens with one attached hydrogen (secondary N) is 2. The number of amides is 2. The molecule has 1 aromatic heterocycles. The average Bonchev–Trinajstić information content (AvgIpc) is 3.75. The van der Waals surface area contributed by atoms with Crippen molar-refractivity contribution < 1.29 is 39.8 Å². The summed E-state index contributed by atoms with van der Waals surface area (Å²) >= 11 is 0. The SMILES string of the molecule is CC(C)NC(=O)c1cc(N(Cc2ccccc2)S(=O)(=O)c2cccc3nonc23)ccc1F.CC(C)NC(=O)c1cc(N(Cc2ccccc2)S(=O)(=O)c2ccccc2)ccc1F. The van der Waals surface area contributed by atoms with Crippen molar-refractivity contribution in [1.29, 1.82) is 0 Å². The zero-order valence-corrected chi connectivity index (χ0v) is 36.3. The lowest BCUT2D eigenvalue weighted by atomic mass is 10.1. The number of benzene rings is 6. The van der Waals surface area contributed by atoms with Crippen molar-refractivity contribution in [3.8, 4) is 0 Å². The molecule has 13 nitrogen and oxygen atoms in total. The first-order valence-corrected chi connectivity index (χ1v) is 22.5. The van der Waals surface area contributed by atoms with Crippen LogP contribution in [0.4, 0.5) is 20.2 Å². The van der Waals surface area contributed by atoms with Crippen LogP contribution in [0.1, 0.15) is 59.5 Å². The minimum absolute atomic E-state index is 0.0366. The van der Waals surface area contributed by atoms with Crippen molar-refractivity contribution in [2.45, 2.75) is 62.7 Å². The van der Waals surface area contributed by atoms with Crippen LogP contribution in [0, 0.1) is 11.6 Å². The molecule has 0 fully saturated rings. The van der Waals surface area contributed by atoms with E-state index >= 15 is 0 Å². The van der Waals surface area contributed by atoms with E-state index < -0.39 is 43.5 Å². The normalized spacial score (nSPS) is 11.5. The van der Waals surface area contributed by atoms with E-state index in [4.69, 9.17) is 4.63 Å². The van der Waals surface area contributed by atoms with E-state index in [1.165, 1.54) is 52.8 Å². The smallest absolute Gasteiger partial charge is 0.266 e. The van der Waals surface area contributed by atoms with Crippen LogP contribution in [0.25, 0.3) is 11.0 Å². The number of aromatic nitrogens is 2. The lowest BCUT2D eigenvalue weighted by Gasteiger charge is -2.25. The average molecular weight is 895 g/mol. The predicted molar refractivity (Wildman–Crippen MR) is 236 cm³/mol. The maximum absolute atomic E-state index is 14.5. The van der Waals surface area contributed by atoms with Gasteiger partial charge in [-0.05, 0) is 110 Å². The number of nitrogens with zero attached hydrogens (tertiary/aromatic N) is 4. The molecule has 0 spiro atoms. The fourth-order valence-electron chi connectivity index (χ4n) is 6.32. The molecule has 2 amide bonds. The van der Waals surface area contributed by atoms with Gasteiger partial charge in [-0.3, -0.25) is 18.2 Å². The Morgan fingerprint density at radius 1 is 0.571 bits per heavy atom. The summed E-state index contributed by atoms with van der Waals surface area (Å²) < 4.78 is 90.3. The number of carbonyl (C=O) groups is 2. The molecule has 0 atom stereocenters. The summed E-state index contributed by atoms with van der Waals surface area (Å²) in [6.07, 6.45) is 0. The van der Waals surface area contributed by atoms with Gasteiger partial charge < -0.3 is 10.6 Å². The van der Waals surface area contributed by atoms with Gasteiger partial charge in [0.15, 0.2) is 5.52 Å². The summed E-state index contributed by atoms with van der Waals surface area (Å²) in [4.78, 5) is 24.9. The van der Waals surface area contributed by atoms with Crippen LogP contribution < -0.4 is 19.2 Å². The van der Waals surface area contributed by atoms with E-state index in [1.54, 1.807) is 76.2 Å². The fourth-order valence-corrected chi connectivity index (χ4v) is 9.37. The largest absolute Gasteiger partial charge is 0.350 e. The second-order valence-corrected chi connectivity index (χ2v) is 18.5. The lowest BCUT2D eigenvalue weighted by molar-refractivity contribution is 0.0930. The summed E-state index contributed by atoms with van der Waals surface area (Å²) in [6, 6.07) is 37.5. The van der Waals surface area contributed by atoms with Gasteiger partial charge in [0.2, 0.25) is 0 Å².